The summed E-state index contributed by atoms with van der Waals surface area (Å²) in [5.74, 6) is 1.76. The van der Waals surface area contributed by atoms with Crippen molar-refractivity contribution in [2.24, 2.45) is 17.8 Å². The molecule has 152 valence electrons. The van der Waals surface area contributed by atoms with Crippen molar-refractivity contribution in [2.75, 3.05) is 5.32 Å². The second kappa shape index (κ2) is 6.78. The number of benzene rings is 1. The van der Waals surface area contributed by atoms with E-state index < -0.39 is 5.54 Å². The molecule has 5 nitrogen and oxygen atoms in total. The van der Waals surface area contributed by atoms with E-state index in [9.17, 15) is 9.59 Å². The minimum Gasteiger partial charge on any atom is -0.372 e. The van der Waals surface area contributed by atoms with Crippen molar-refractivity contribution in [1.82, 2.24) is 10.6 Å². The molecule has 2 amide bonds. The van der Waals surface area contributed by atoms with Crippen molar-refractivity contribution in [3.8, 4) is 0 Å². The number of anilines is 1. The molecule has 0 heterocycles. The molecule has 4 aliphatic rings. The van der Waals surface area contributed by atoms with Crippen LogP contribution in [-0.2, 0) is 9.59 Å². The van der Waals surface area contributed by atoms with Gasteiger partial charge in [0, 0.05) is 24.2 Å². The Morgan fingerprint density at radius 3 is 2.21 bits per heavy atom. The van der Waals surface area contributed by atoms with E-state index >= 15 is 0 Å². The highest BCUT2D eigenvalue weighted by atomic mass is 16.2. The first-order valence-electron chi connectivity index (χ1n) is 10.6. The van der Waals surface area contributed by atoms with Crippen LogP contribution in [0.1, 0.15) is 58.4 Å². The summed E-state index contributed by atoms with van der Waals surface area (Å²) >= 11 is 0. The van der Waals surface area contributed by atoms with Crippen molar-refractivity contribution < 1.29 is 9.59 Å². The first kappa shape index (κ1) is 19.3. The van der Waals surface area contributed by atoms with Crippen molar-refractivity contribution in [2.45, 2.75) is 76.9 Å². The van der Waals surface area contributed by atoms with Gasteiger partial charge in [0.15, 0.2) is 0 Å². The van der Waals surface area contributed by atoms with Crippen LogP contribution in [0.2, 0.25) is 0 Å². The molecule has 1 unspecified atom stereocenters. The molecule has 5 atom stereocenters. The average Bonchev–Trinajstić information content (AvgIpc) is 2.58. The highest BCUT2D eigenvalue weighted by Crippen LogP contribution is 2.55. The summed E-state index contributed by atoms with van der Waals surface area (Å²) in [5.41, 5.74) is 1.45. The highest BCUT2D eigenvalue weighted by Gasteiger charge is 2.56. The monoisotopic (exact) mass is 383 g/mol. The molecule has 28 heavy (non-hydrogen) atoms. The van der Waals surface area contributed by atoms with Gasteiger partial charge in [0.05, 0.1) is 0 Å². The normalized spacial score (nSPS) is 33.4. The molecule has 5 rings (SSSR count). The fourth-order valence-electron chi connectivity index (χ4n) is 6.17. The molecule has 0 radical (unpaired) electrons. The first-order valence-corrected chi connectivity index (χ1v) is 10.6. The fraction of sp³-hybridized carbons (Fsp3) is 0.652. The quantitative estimate of drug-likeness (QED) is 0.730. The van der Waals surface area contributed by atoms with E-state index in [0.29, 0.717) is 17.8 Å². The van der Waals surface area contributed by atoms with Gasteiger partial charge in [-0.05, 0) is 82.8 Å². The maximum Gasteiger partial charge on any atom is 0.245 e. The zero-order chi connectivity index (χ0) is 20.1. The Balaban J connectivity index is 1.43. The standard InChI is InChI=1S/C23H33N3O2/c1-14-5-7-19(8-6-14)26-22(3,4)21(28)24-20-17-9-16-10-18(20)13-23(11-16,12-17)25-15(2)27/h5-8,16-18,20,26H,9-13H2,1-4H3,(H,24,28)(H,25,27)/t16?,17-,18+,20+,23+. The molecular formula is C23H33N3O2. The van der Waals surface area contributed by atoms with Crippen molar-refractivity contribution in [3.05, 3.63) is 29.8 Å². The van der Waals surface area contributed by atoms with Gasteiger partial charge in [-0.15, -0.1) is 0 Å². The van der Waals surface area contributed by atoms with Gasteiger partial charge in [0.2, 0.25) is 11.8 Å². The van der Waals surface area contributed by atoms with Gasteiger partial charge in [-0.1, -0.05) is 17.7 Å². The Kier molecular flexibility index (Phi) is 4.67. The lowest BCUT2D eigenvalue weighted by Gasteiger charge is -2.60. The van der Waals surface area contributed by atoms with Gasteiger partial charge in [-0.25, -0.2) is 0 Å². The van der Waals surface area contributed by atoms with Crippen LogP contribution in [0.25, 0.3) is 0 Å². The number of hydrogen-bond donors (Lipinski definition) is 3. The Morgan fingerprint density at radius 2 is 1.64 bits per heavy atom. The number of aryl methyl sites for hydroxylation is 1. The number of carbonyl (C=O) groups is 2. The molecule has 4 fully saturated rings. The largest absolute Gasteiger partial charge is 0.372 e. The number of rotatable bonds is 5. The zero-order valence-electron chi connectivity index (χ0n) is 17.5. The number of nitrogens with one attached hydrogen (secondary N) is 3. The lowest BCUT2D eigenvalue weighted by molar-refractivity contribution is -0.132. The number of amides is 2. The van der Waals surface area contributed by atoms with Gasteiger partial charge < -0.3 is 16.0 Å². The number of carbonyl (C=O) groups excluding carboxylic acids is 2. The minimum atomic E-state index is -0.681. The fourth-order valence-corrected chi connectivity index (χ4v) is 6.17. The summed E-state index contributed by atoms with van der Waals surface area (Å²) in [7, 11) is 0. The second-order valence-corrected chi connectivity index (χ2v) is 10.0. The number of hydrogen-bond acceptors (Lipinski definition) is 3. The molecule has 0 aromatic heterocycles. The summed E-state index contributed by atoms with van der Waals surface area (Å²) < 4.78 is 0. The molecule has 0 spiro atoms. The van der Waals surface area contributed by atoms with E-state index in [2.05, 4.69) is 35.0 Å². The SMILES string of the molecule is CC(=O)N[C@@]12CC3C[C@H](C1)[C@H](NC(=O)C(C)(C)Nc1ccc(C)cc1)[C@@H](C3)C2. The van der Waals surface area contributed by atoms with Crippen LogP contribution in [0.3, 0.4) is 0 Å². The van der Waals surface area contributed by atoms with Gasteiger partial charge >= 0.3 is 0 Å². The third-order valence-corrected chi connectivity index (χ3v) is 7.09. The summed E-state index contributed by atoms with van der Waals surface area (Å²) in [4.78, 5) is 24.9. The van der Waals surface area contributed by atoms with Gasteiger partial charge in [-0.2, -0.15) is 0 Å². The van der Waals surface area contributed by atoms with Crippen molar-refractivity contribution in [1.29, 1.82) is 0 Å². The maximum atomic E-state index is 13.1. The van der Waals surface area contributed by atoms with Crippen LogP contribution < -0.4 is 16.0 Å². The molecule has 1 aromatic rings. The van der Waals surface area contributed by atoms with E-state index in [1.165, 1.54) is 18.4 Å². The van der Waals surface area contributed by atoms with Crippen LogP contribution in [0.15, 0.2) is 24.3 Å². The van der Waals surface area contributed by atoms with Gasteiger partial charge in [-0.3, -0.25) is 9.59 Å². The predicted octanol–water partition coefficient (Wildman–Crippen LogP) is 3.39. The first-order chi connectivity index (χ1) is 13.2. The summed E-state index contributed by atoms with van der Waals surface area (Å²) in [6.07, 6.45) is 5.45. The molecule has 4 saturated carbocycles. The van der Waals surface area contributed by atoms with Gasteiger partial charge in [0.25, 0.3) is 0 Å². The van der Waals surface area contributed by atoms with Crippen LogP contribution in [-0.4, -0.2) is 28.9 Å². The molecule has 0 saturated heterocycles. The summed E-state index contributed by atoms with van der Waals surface area (Å²) in [6.45, 7) is 7.56. The summed E-state index contributed by atoms with van der Waals surface area (Å²) in [5, 5.41) is 10.0. The van der Waals surface area contributed by atoms with E-state index in [4.69, 9.17) is 0 Å². The van der Waals surface area contributed by atoms with E-state index in [0.717, 1.165) is 24.9 Å². The summed E-state index contributed by atoms with van der Waals surface area (Å²) in [6, 6.07) is 8.37. The lowest BCUT2D eigenvalue weighted by atomic mass is 9.51. The van der Waals surface area contributed by atoms with E-state index in [-0.39, 0.29) is 23.4 Å². The minimum absolute atomic E-state index is 0.0285. The molecule has 3 N–H and O–H groups in total. The predicted molar refractivity (Wildman–Crippen MR) is 111 cm³/mol. The Labute approximate surface area is 168 Å². The van der Waals surface area contributed by atoms with Crippen LogP contribution in [0.5, 0.6) is 0 Å². The van der Waals surface area contributed by atoms with Gasteiger partial charge in [0.1, 0.15) is 5.54 Å². The third-order valence-electron chi connectivity index (χ3n) is 7.09. The van der Waals surface area contributed by atoms with Crippen LogP contribution in [0, 0.1) is 24.7 Å². The molecule has 5 heteroatoms. The molecule has 4 bridgehead atoms. The Hall–Kier alpha value is -2.04. The Morgan fingerprint density at radius 1 is 1.04 bits per heavy atom. The molecule has 1 aromatic carbocycles. The second-order valence-electron chi connectivity index (χ2n) is 10.0. The van der Waals surface area contributed by atoms with Crippen molar-refractivity contribution in [3.63, 3.8) is 0 Å². The molecular weight excluding hydrogens is 350 g/mol. The van der Waals surface area contributed by atoms with E-state index in [1.807, 2.05) is 26.0 Å². The zero-order valence-corrected chi connectivity index (χ0v) is 17.5. The highest BCUT2D eigenvalue weighted by molar-refractivity contribution is 5.88. The van der Waals surface area contributed by atoms with Crippen LogP contribution >= 0.6 is 0 Å². The molecule has 4 aliphatic carbocycles. The Bertz CT molecular complexity index is 755. The van der Waals surface area contributed by atoms with E-state index in [1.54, 1.807) is 6.92 Å². The third kappa shape index (κ3) is 3.63. The maximum absolute atomic E-state index is 13.1. The smallest absolute Gasteiger partial charge is 0.245 e. The van der Waals surface area contributed by atoms with Crippen molar-refractivity contribution >= 4 is 17.5 Å². The lowest BCUT2D eigenvalue weighted by Crippen LogP contribution is -2.67. The van der Waals surface area contributed by atoms with Crippen LogP contribution in [0.4, 0.5) is 5.69 Å². The molecule has 0 aliphatic heterocycles. The average molecular weight is 384 g/mol. The topological polar surface area (TPSA) is 70.2 Å².